The summed E-state index contributed by atoms with van der Waals surface area (Å²) in [7, 11) is 0. The van der Waals surface area contributed by atoms with Crippen molar-refractivity contribution in [1.29, 1.82) is 0 Å². The van der Waals surface area contributed by atoms with Crippen molar-refractivity contribution >= 4 is 59.3 Å². The monoisotopic (exact) mass is 952 g/mol. The largest absolute Gasteiger partial charge is 0.361 e. The Labute approximate surface area is 411 Å². The molecule has 69 heavy (non-hydrogen) atoms. The lowest BCUT2D eigenvalue weighted by Crippen LogP contribution is -2.14. The molecule has 0 amide bonds. The van der Waals surface area contributed by atoms with E-state index in [4.69, 9.17) is 4.98 Å². The van der Waals surface area contributed by atoms with Gasteiger partial charge in [0.1, 0.15) is 10.4 Å². The first kappa shape index (κ1) is 42.5. The second-order valence-corrected chi connectivity index (χ2v) is 19.9. The van der Waals surface area contributed by atoms with Crippen molar-refractivity contribution in [2.24, 2.45) is 0 Å². The molecule has 0 spiro atoms. The first-order valence-corrected chi connectivity index (χ1v) is 24.5. The van der Waals surface area contributed by atoms with Gasteiger partial charge in [0.05, 0.1) is 5.52 Å². The molecule has 8 aromatic carbocycles. The van der Waals surface area contributed by atoms with Crippen LogP contribution in [0, 0.1) is 0 Å². The van der Waals surface area contributed by atoms with Crippen LogP contribution in [-0.2, 0) is 10.8 Å². The molecule has 0 saturated heterocycles. The van der Waals surface area contributed by atoms with E-state index >= 15 is 0 Å². The molecule has 0 radical (unpaired) electrons. The Kier molecular flexibility index (Phi) is 10.3. The molecular formula is C64H49BrN4. The molecule has 0 atom stereocenters. The number of aromatic nitrogens is 4. The Bertz CT molecular complexity index is 3920. The first-order valence-electron chi connectivity index (χ1n) is 23.7. The van der Waals surface area contributed by atoms with E-state index in [0.29, 0.717) is 0 Å². The predicted octanol–water partition coefficient (Wildman–Crippen LogP) is 17.3. The number of H-pyrrole nitrogens is 1. The van der Waals surface area contributed by atoms with Crippen LogP contribution in [0.3, 0.4) is 0 Å². The van der Waals surface area contributed by atoms with E-state index in [1.54, 1.807) is 0 Å². The lowest BCUT2D eigenvalue weighted by atomic mass is 9.82. The summed E-state index contributed by atoms with van der Waals surface area (Å²) in [5.74, 6) is 0.968. The summed E-state index contributed by atoms with van der Waals surface area (Å²) in [5, 5.41) is 7.37. The number of rotatable bonds is 3. The third kappa shape index (κ3) is 6.94. The Morgan fingerprint density at radius 3 is 1.52 bits per heavy atom. The summed E-state index contributed by atoms with van der Waals surface area (Å²) >= 11 is 3.49. The van der Waals surface area contributed by atoms with Crippen LogP contribution in [-0.4, -0.2) is 19.5 Å². The molecule has 0 saturated carbocycles. The minimum atomic E-state index is 0.00446. The van der Waals surface area contributed by atoms with E-state index < -0.39 is 0 Å². The van der Waals surface area contributed by atoms with Gasteiger partial charge in [-0.3, -0.25) is 0 Å². The van der Waals surface area contributed by atoms with Crippen LogP contribution in [0.2, 0.25) is 0 Å². The SMILES string of the molecule is Brc1ncc(-c2ccccc2)c2ccccc12.CC1(C)c2ccccc2-c2c1ccc1[nH]ccc21.CC1(C)c2ccccc2-c2c1ccc1c2ccn1-c1ncc(-c2ccccc2)c2ccccc12. The third-order valence-corrected chi connectivity index (χ3v) is 15.2. The number of nitrogens with one attached hydrogen (secondary N) is 1. The second kappa shape index (κ2) is 16.7. The minimum absolute atomic E-state index is 0.00446. The quantitative estimate of drug-likeness (QED) is 0.179. The standard InChI is InChI=1S/C32H24N2.C17H15N.C15H10BrN/c1-32(2)27-15-9-8-14-24(27)30-25-18-19-34(29(25)17-16-28(30)32)31-23-13-7-6-12-22(23)26(20-33-31)21-10-4-3-5-11-21;1-17(2)13-6-4-3-5-11(13)16-12-9-10-18-15(12)8-7-14(16)17;16-15-13-9-5-4-8-12(13)14(10-17-15)11-6-2-1-3-7-11/h3-20H,1-2H3;3-10,18H,1-2H3;1-10H. The number of aromatic amines is 1. The van der Waals surface area contributed by atoms with Crippen molar-refractivity contribution in [3.8, 4) is 50.3 Å². The average Bonchev–Trinajstić information content (AvgIpc) is 4.16. The summed E-state index contributed by atoms with van der Waals surface area (Å²) in [6.45, 7) is 9.29. The number of hydrogen-bond donors (Lipinski definition) is 1. The molecule has 0 bridgehead atoms. The maximum absolute atomic E-state index is 5.01. The smallest absolute Gasteiger partial charge is 0.145 e. The predicted molar refractivity (Wildman–Crippen MR) is 292 cm³/mol. The molecule has 0 fully saturated rings. The maximum atomic E-state index is 5.01. The average molecular weight is 954 g/mol. The van der Waals surface area contributed by atoms with Gasteiger partial charge in [0.25, 0.3) is 0 Å². The molecule has 332 valence electrons. The van der Waals surface area contributed by atoms with Gasteiger partial charge >= 0.3 is 0 Å². The number of nitrogens with zero attached hydrogens (tertiary/aromatic N) is 3. The molecule has 4 nitrogen and oxygen atoms in total. The molecule has 4 aromatic heterocycles. The number of benzene rings is 8. The highest BCUT2D eigenvalue weighted by molar-refractivity contribution is 9.10. The second-order valence-electron chi connectivity index (χ2n) is 19.2. The van der Waals surface area contributed by atoms with Gasteiger partial charge in [-0.05, 0) is 107 Å². The maximum Gasteiger partial charge on any atom is 0.145 e. The lowest BCUT2D eigenvalue weighted by molar-refractivity contribution is 0.660. The van der Waals surface area contributed by atoms with Crippen LogP contribution < -0.4 is 0 Å². The highest BCUT2D eigenvalue weighted by Crippen LogP contribution is 2.52. The Hall–Kier alpha value is -7.86. The van der Waals surface area contributed by atoms with E-state index in [-0.39, 0.29) is 10.8 Å². The zero-order valence-corrected chi connectivity index (χ0v) is 40.6. The minimum Gasteiger partial charge on any atom is -0.361 e. The molecule has 5 heteroatoms. The lowest BCUT2D eigenvalue weighted by Gasteiger charge is -2.21. The topological polar surface area (TPSA) is 46.5 Å². The molecular weight excluding hydrogens is 905 g/mol. The van der Waals surface area contributed by atoms with Gasteiger partial charge in [0, 0.05) is 73.8 Å². The van der Waals surface area contributed by atoms with Crippen molar-refractivity contribution in [2.75, 3.05) is 0 Å². The number of pyridine rings is 2. The summed E-state index contributed by atoms with van der Waals surface area (Å²) in [4.78, 5) is 12.7. The molecule has 4 heterocycles. The van der Waals surface area contributed by atoms with Gasteiger partial charge in [-0.15, -0.1) is 0 Å². The number of halogens is 1. The molecule has 2 aliphatic rings. The summed E-state index contributed by atoms with van der Waals surface area (Å²) in [6.07, 6.45) is 8.14. The Balaban J connectivity index is 0.000000118. The fourth-order valence-electron chi connectivity index (χ4n) is 11.2. The van der Waals surface area contributed by atoms with Crippen LogP contribution >= 0.6 is 15.9 Å². The van der Waals surface area contributed by atoms with Crippen LogP contribution in [0.1, 0.15) is 49.9 Å². The molecule has 12 aromatic rings. The fourth-order valence-corrected chi connectivity index (χ4v) is 11.6. The van der Waals surface area contributed by atoms with E-state index in [1.165, 1.54) is 93.8 Å². The van der Waals surface area contributed by atoms with Crippen molar-refractivity contribution in [3.05, 3.63) is 246 Å². The number of fused-ring (bicyclic) bond motifs is 12. The summed E-state index contributed by atoms with van der Waals surface area (Å²) in [6, 6.07) is 68.9. The van der Waals surface area contributed by atoms with Crippen LogP contribution in [0.5, 0.6) is 0 Å². The van der Waals surface area contributed by atoms with E-state index in [2.05, 4.69) is 234 Å². The molecule has 0 unspecified atom stereocenters. The summed E-state index contributed by atoms with van der Waals surface area (Å²) in [5.41, 5.74) is 18.4. The molecule has 0 aliphatic heterocycles. The first-order chi connectivity index (χ1) is 33.7. The highest BCUT2D eigenvalue weighted by Gasteiger charge is 2.37. The molecule has 1 N–H and O–H groups in total. The molecule has 14 rings (SSSR count). The van der Waals surface area contributed by atoms with Crippen molar-refractivity contribution in [3.63, 3.8) is 0 Å². The van der Waals surface area contributed by atoms with Crippen LogP contribution in [0.15, 0.2) is 224 Å². The molecule has 2 aliphatic carbocycles. The van der Waals surface area contributed by atoms with Gasteiger partial charge in [0.15, 0.2) is 0 Å². The zero-order chi connectivity index (χ0) is 46.9. The summed E-state index contributed by atoms with van der Waals surface area (Å²) < 4.78 is 3.15. The van der Waals surface area contributed by atoms with Crippen molar-refractivity contribution in [2.45, 2.75) is 38.5 Å². The van der Waals surface area contributed by atoms with Crippen molar-refractivity contribution < 1.29 is 0 Å². The Morgan fingerprint density at radius 1 is 0.406 bits per heavy atom. The van der Waals surface area contributed by atoms with Gasteiger partial charge < -0.3 is 9.55 Å². The zero-order valence-electron chi connectivity index (χ0n) is 39.0. The highest BCUT2D eigenvalue weighted by atomic mass is 79.9. The van der Waals surface area contributed by atoms with Gasteiger partial charge in [0.2, 0.25) is 0 Å². The van der Waals surface area contributed by atoms with E-state index in [9.17, 15) is 0 Å². The Morgan fingerprint density at radius 2 is 0.899 bits per heavy atom. The number of hydrogen-bond acceptors (Lipinski definition) is 2. The van der Waals surface area contributed by atoms with Gasteiger partial charge in [-0.25, -0.2) is 9.97 Å². The third-order valence-electron chi connectivity index (χ3n) is 14.6. The van der Waals surface area contributed by atoms with Gasteiger partial charge in [-0.2, -0.15) is 0 Å². The van der Waals surface area contributed by atoms with E-state index in [0.717, 1.165) is 26.8 Å². The fraction of sp³-hybridized carbons (Fsp3) is 0.0938. The normalized spacial score (nSPS) is 13.5. The van der Waals surface area contributed by atoms with Crippen LogP contribution in [0.25, 0.3) is 93.7 Å². The van der Waals surface area contributed by atoms with E-state index in [1.807, 2.05) is 42.9 Å². The van der Waals surface area contributed by atoms with Crippen LogP contribution in [0.4, 0.5) is 0 Å². The van der Waals surface area contributed by atoms with Gasteiger partial charge in [-0.1, -0.05) is 198 Å². The van der Waals surface area contributed by atoms with Crippen molar-refractivity contribution in [1.82, 2.24) is 19.5 Å².